The summed E-state index contributed by atoms with van der Waals surface area (Å²) >= 11 is 6.02. The highest BCUT2D eigenvalue weighted by atomic mass is 35.5. The second-order valence-electron chi connectivity index (χ2n) is 5.09. The molecule has 1 amide bonds. The maximum Gasteiger partial charge on any atom is 0.266 e. The number of carbonyl (C=O) groups is 1. The number of halogens is 2. The van der Waals surface area contributed by atoms with Crippen LogP contribution in [0.25, 0.3) is 10.9 Å². The molecule has 8 heteroatoms. The normalized spacial score (nSPS) is 13.8. The molecule has 0 saturated carbocycles. The van der Waals surface area contributed by atoms with Crippen molar-refractivity contribution in [2.45, 2.75) is 0 Å². The van der Waals surface area contributed by atoms with Gasteiger partial charge in [-0.3, -0.25) is 9.36 Å². The third kappa shape index (κ3) is 2.53. The summed E-state index contributed by atoms with van der Waals surface area (Å²) in [7, 11) is -2.72. The summed E-state index contributed by atoms with van der Waals surface area (Å²) in [6.45, 7) is 0. The first-order valence-corrected chi connectivity index (χ1v) is 8.91. The lowest BCUT2D eigenvalue weighted by molar-refractivity contribution is 0.0997. The highest BCUT2D eigenvalue weighted by molar-refractivity contribution is 7.75. The molecule has 0 saturated heterocycles. The molecule has 24 heavy (non-hydrogen) atoms. The summed E-state index contributed by atoms with van der Waals surface area (Å²) in [5.74, 6) is -1.53. The number of carbonyl (C=O) groups excluding carboxylic acids is 1. The van der Waals surface area contributed by atoms with Crippen LogP contribution < -0.4 is 16.3 Å². The van der Waals surface area contributed by atoms with Gasteiger partial charge in [0.2, 0.25) is 0 Å². The number of nitrogens with one attached hydrogen (secondary N) is 1. The molecule has 0 aliphatic heterocycles. The van der Waals surface area contributed by atoms with Gasteiger partial charge in [0.25, 0.3) is 13.3 Å². The molecular formula is C16H13ClFN2O3P. The first-order chi connectivity index (χ1) is 11.4. The molecule has 124 valence electrons. The van der Waals surface area contributed by atoms with Crippen LogP contribution in [0.4, 0.5) is 4.39 Å². The van der Waals surface area contributed by atoms with Crippen LogP contribution in [-0.2, 0) is 9.09 Å². The second kappa shape index (κ2) is 6.06. The molecule has 3 rings (SSSR count). The fourth-order valence-electron chi connectivity index (χ4n) is 2.63. The van der Waals surface area contributed by atoms with Gasteiger partial charge in [0.05, 0.1) is 10.6 Å². The fourth-order valence-corrected chi connectivity index (χ4v) is 5.03. The molecule has 0 radical (unpaired) electrons. The van der Waals surface area contributed by atoms with E-state index in [9.17, 15) is 13.8 Å². The second-order valence-corrected chi connectivity index (χ2v) is 7.92. The maximum absolute atomic E-state index is 14.3. The van der Waals surface area contributed by atoms with E-state index in [0.717, 1.165) is 0 Å². The Morgan fingerprint density at radius 3 is 2.62 bits per heavy atom. The van der Waals surface area contributed by atoms with Crippen molar-refractivity contribution in [1.82, 2.24) is 4.98 Å². The Labute approximate surface area is 142 Å². The highest BCUT2D eigenvalue weighted by Crippen LogP contribution is 2.47. The van der Waals surface area contributed by atoms with Crippen molar-refractivity contribution in [2.24, 2.45) is 5.73 Å². The van der Waals surface area contributed by atoms with Crippen molar-refractivity contribution in [3.8, 4) is 0 Å². The average Bonchev–Trinajstić information content (AvgIpc) is 2.94. The monoisotopic (exact) mass is 366 g/mol. The van der Waals surface area contributed by atoms with E-state index in [-0.39, 0.29) is 16.3 Å². The molecular weight excluding hydrogens is 354 g/mol. The molecule has 0 spiro atoms. The zero-order valence-corrected chi connectivity index (χ0v) is 14.2. The highest BCUT2D eigenvalue weighted by Gasteiger charge is 2.37. The largest absolute Gasteiger partial charge is 0.364 e. The van der Waals surface area contributed by atoms with Gasteiger partial charge in [-0.2, -0.15) is 0 Å². The van der Waals surface area contributed by atoms with Crippen molar-refractivity contribution in [1.29, 1.82) is 0 Å². The number of hydrogen-bond acceptors (Lipinski definition) is 3. The van der Waals surface area contributed by atoms with Crippen LogP contribution in [0.1, 0.15) is 10.5 Å². The van der Waals surface area contributed by atoms with E-state index < -0.39 is 19.1 Å². The molecule has 0 bridgehead atoms. The van der Waals surface area contributed by atoms with Crippen LogP contribution >= 0.6 is 19.0 Å². The van der Waals surface area contributed by atoms with E-state index in [2.05, 4.69) is 4.98 Å². The quantitative estimate of drug-likeness (QED) is 0.696. The van der Waals surface area contributed by atoms with Crippen LogP contribution in [-0.4, -0.2) is 18.0 Å². The summed E-state index contributed by atoms with van der Waals surface area (Å²) in [5, 5.41) is 0.635. The molecule has 0 aliphatic rings. The zero-order valence-electron chi connectivity index (χ0n) is 12.5. The number of primary amides is 1. The minimum atomic E-state index is -3.92. The van der Waals surface area contributed by atoms with Crippen molar-refractivity contribution < 1.29 is 18.3 Å². The Balaban J connectivity index is 2.44. The van der Waals surface area contributed by atoms with Crippen molar-refractivity contribution >= 4 is 46.4 Å². The minimum absolute atomic E-state index is 0.0140. The van der Waals surface area contributed by atoms with Crippen molar-refractivity contribution in [2.75, 3.05) is 7.11 Å². The maximum atomic E-state index is 14.3. The van der Waals surface area contributed by atoms with Crippen LogP contribution in [0.15, 0.2) is 42.5 Å². The number of H-pyrrole nitrogens is 1. The van der Waals surface area contributed by atoms with Crippen molar-refractivity contribution in [3.63, 3.8) is 0 Å². The summed E-state index contributed by atoms with van der Waals surface area (Å²) in [4.78, 5) is 14.7. The fraction of sp³-hybridized carbons (Fsp3) is 0.0625. The number of rotatable bonds is 4. The standard InChI is InChI=1S/C16H13ClFN2O3P/c1-23-24(22,13-5-3-2-4-11(13)18)15-10-8-9(17)6-7-12(10)20-14(15)16(19)21/h2-8,20H,1H3,(H2,19,21). The first-order valence-electron chi connectivity index (χ1n) is 6.91. The van der Waals surface area contributed by atoms with Gasteiger partial charge in [-0.15, -0.1) is 0 Å². The van der Waals surface area contributed by atoms with Gasteiger partial charge in [-0.25, -0.2) is 4.39 Å². The molecule has 1 unspecified atom stereocenters. The average molecular weight is 367 g/mol. The van der Waals surface area contributed by atoms with E-state index in [1.165, 1.54) is 37.4 Å². The SMILES string of the molecule is COP(=O)(c1ccccc1F)c1c(C(N)=O)[nH]c2ccc(Cl)cc12. The van der Waals surface area contributed by atoms with Crippen LogP contribution in [0.2, 0.25) is 5.02 Å². The molecule has 1 aromatic heterocycles. The van der Waals surface area contributed by atoms with Gasteiger partial charge in [-0.1, -0.05) is 23.7 Å². The Hall–Kier alpha value is -2.14. The Morgan fingerprint density at radius 1 is 1.29 bits per heavy atom. The minimum Gasteiger partial charge on any atom is -0.364 e. The Bertz CT molecular complexity index is 1000. The molecule has 2 aromatic carbocycles. The number of aromatic nitrogens is 1. The van der Waals surface area contributed by atoms with Crippen LogP contribution in [0, 0.1) is 5.82 Å². The van der Waals surface area contributed by atoms with Gasteiger partial charge >= 0.3 is 0 Å². The number of amides is 1. The van der Waals surface area contributed by atoms with E-state index in [1.807, 2.05) is 0 Å². The van der Waals surface area contributed by atoms with Gasteiger partial charge < -0.3 is 15.2 Å². The topological polar surface area (TPSA) is 85.2 Å². The lowest BCUT2D eigenvalue weighted by Gasteiger charge is -2.18. The molecule has 0 aliphatic carbocycles. The third-order valence-corrected chi connectivity index (χ3v) is 6.50. The van der Waals surface area contributed by atoms with E-state index >= 15 is 0 Å². The lowest BCUT2D eigenvalue weighted by atomic mass is 10.2. The molecule has 5 nitrogen and oxygen atoms in total. The lowest BCUT2D eigenvalue weighted by Crippen LogP contribution is -2.27. The van der Waals surface area contributed by atoms with Crippen molar-refractivity contribution in [3.05, 3.63) is 59.0 Å². The summed E-state index contributed by atoms with van der Waals surface area (Å²) < 4.78 is 33.1. The number of aromatic amines is 1. The number of hydrogen-bond donors (Lipinski definition) is 2. The third-order valence-electron chi connectivity index (χ3n) is 3.70. The van der Waals surface area contributed by atoms with E-state index in [4.69, 9.17) is 21.9 Å². The molecule has 3 aromatic rings. The molecule has 1 heterocycles. The molecule has 1 atom stereocenters. The smallest absolute Gasteiger partial charge is 0.266 e. The van der Waals surface area contributed by atoms with Gasteiger partial charge in [-0.05, 0) is 30.3 Å². The van der Waals surface area contributed by atoms with Crippen LogP contribution in [0.5, 0.6) is 0 Å². The van der Waals surface area contributed by atoms with Gasteiger partial charge in [0.1, 0.15) is 11.5 Å². The van der Waals surface area contributed by atoms with Crippen LogP contribution in [0.3, 0.4) is 0 Å². The van der Waals surface area contributed by atoms with Gasteiger partial charge in [0.15, 0.2) is 0 Å². The zero-order chi connectivity index (χ0) is 17.5. The predicted molar refractivity (Wildman–Crippen MR) is 92.1 cm³/mol. The first kappa shape index (κ1) is 16.7. The predicted octanol–water partition coefficient (Wildman–Crippen LogP) is 2.93. The summed E-state index contributed by atoms with van der Waals surface area (Å²) in [6, 6.07) is 10.3. The van der Waals surface area contributed by atoms with E-state index in [1.54, 1.807) is 12.1 Å². The summed E-state index contributed by atoms with van der Waals surface area (Å²) in [5.41, 5.74) is 5.81. The summed E-state index contributed by atoms with van der Waals surface area (Å²) in [6.07, 6.45) is 0. The number of benzene rings is 2. The van der Waals surface area contributed by atoms with Gasteiger partial charge in [0, 0.05) is 23.0 Å². The number of fused-ring (bicyclic) bond motifs is 1. The van der Waals surface area contributed by atoms with E-state index in [0.29, 0.717) is 15.9 Å². The Morgan fingerprint density at radius 2 is 2.00 bits per heavy atom. The Kier molecular flexibility index (Phi) is 4.22. The molecule has 3 N–H and O–H groups in total. The number of nitrogens with two attached hydrogens (primary N) is 1. The molecule has 0 fully saturated rings.